The van der Waals surface area contributed by atoms with Crippen LogP contribution in [0.25, 0.3) is 11.0 Å². The molecule has 1 N–H and O–H groups in total. The monoisotopic (exact) mass is 373 g/mol. The van der Waals surface area contributed by atoms with Crippen LogP contribution in [0.3, 0.4) is 0 Å². The number of H-pyrrole nitrogens is 1. The normalized spacial score (nSPS) is 28.6. The number of sulfone groups is 1. The van der Waals surface area contributed by atoms with Gasteiger partial charge in [0.2, 0.25) is 0 Å². The number of aromatic nitrogens is 3. The largest absolute Gasteiger partial charge is 0.356 e. The summed E-state index contributed by atoms with van der Waals surface area (Å²) in [6.45, 7) is 0. The highest BCUT2D eigenvalue weighted by molar-refractivity contribution is 7.92. The second-order valence-electron chi connectivity index (χ2n) is 7.63. The fourth-order valence-corrected chi connectivity index (χ4v) is 6.54. The lowest BCUT2D eigenvalue weighted by Gasteiger charge is -2.42. The molecule has 7 nitrogen and oxygen atoms in total. The molecule has 0 aromatic carbocycles. The van der Waals surface area contributed by atoms with Crippen LogP contribution in [0.15, 0.2) is 18.6 Å². The zero-order chi connectivity index (χ0) is 18.3. The van der Waals surface area contributed by atoms with Gasteiger partial charge in [-0.15, -0.1) is 0 Å². The molecule has 2 fully saturated rings. The quantitative estimate of drug-likeness (QED) is 0.862. The Morgan fingerprint density at radius 2 is 2.12 bits per heavy atom. The summed E-state index contributed by atoms with van der Waals surface area (Å²) in [6, 6.07) is 4.48. The molecule has 0 bridgehead atoms. The predicted octanol–water partition coefficient (Wildman–Crippen LogP) is 2.28. The molecule has 2 heterocycles. The number of hydrogen-bond donors (Lipinski definition) is 1. The van der Waals surface area contributed by atoms with Crippen LogP contribution in [-0.4, -0.2) is 47.5 Å². The molecule has 2 aliphatic carbocycles. The summed E-state index contributed by atoms with van der Waals surface area (Å²) in [4.78, 5) is 13.9. The molecule has 2 unspecified atom stereocenters. The molecule has 0 radical (unpaired) electrons. The lowest BCUT2D eigenvalue weighted by molar-refractivity contribution is 0.281. The summed E-state index contributed by atoms with van der Waals surface area (Å²) in [5, 5.41) is 9.66. The molecule has 0 spiro atoms. The van der Waals surface area contributed by atoms with Crippen molar-refractivity contribution in [2.45, 2.75) is 43.4 Å². The maximum absolute atomic E-state index is 12.6. The minimum absolute atomic E-state index is 0.0865. The third-order valence-electron chi connectivity index (χ3n) is 5.97. The van der Waals surface area contributed by atoms with Gasteiger partial charge in [0.15, 0.2) is 9.84 Å². The van der Waals surface area contributed by atoms with Gasteiger partial charge in [-0.05, 0) is 44.1 Å². The average molecular weight is 373 g/mol. The molecule has 26 heavy (non-hydrogen) atoms. The standard InChI is InChI=1S/C18H23N5O2S/c1-23(18-16-4-5-20-17(16)21-11-22-18)14-6-13(7-14)10-26(24,25)15-3-2-12(8-15)9-19/h4-5,11-15H,2-3,6-8,10H2,1H3,(H,20,21,22)/t12?,13-,14+,15?. The van der Waals surface area contributed by atoms with Crippen LogP contribution >= 0.6 is 0 Å². The van der Waals surface area contributed by atoms with Gasteiger partial charge in [-0.25, -0.2) is 18.4 Å². The molecule has 2 aromatic heterocycles. The Hall–Kier alpha value is -2.14. The molecule has 4 rings (SSSR count). The number of rotatable bonds is 5. The number of nitrogens with one attached hydrogen (secondary N) is 1. The maximum Gasteiger partial charge on any atom is 0.153 e. The van der Waals surface area contributed by atoms with Crippen molar-refractivity contribution in [1.82, 2.24) is 15.0 Å². The van der Waals surface area contributed by atoms with Gasteiger partial charge in [-0.1, -0.05) is 0 Å². The van der Waals surface area contributed by atoms with E-state index in [1.165, 1.54) is 0 Å². The Kier molecular flexibility index (Phi) is 4.35. The molecule has 0 amide bonds. The minimum atomic E-state index is -3.10. The van der Waals surface area contributed by atoms with Gasteiger partial charge in [0.1, 0.15) is 17.8 Å². The van der Waals surface area contributed by atoms with Crippen LogP contribution in [0.4, 0.5) is 5.82 Å². The van der Waals surface area contributed by atoms with E-state index in [9.17, 15) is 8.42 Å². The smallest absolute Gasteiger partial charge is 0.153 e. The molecule has 0 aliphatic heterocycles. The first-order valence-corrected chi connectivity index (χ1v) is 10.8. The van der Waals surface area contributed by atoms with E-state index in [0.29, 0.717) is 18.9 Å². The summed E-state index contributed by atoms with van der Waals surface area (Å²) < 4.78 is 25.3. The first kappa shape index (κ1) is 17.3. The van der Waals surface area contributed by atoms with Gasteiger partial charge >= 0.3 is 0 Å². The number of nitriles is 1. The van der Waals surface area contributed by atoms with Crippen LogP contribution in [0.5, 0.6) is 0 Å². The highest BCUT2D eigenvalue weighted by Crippen LogP contribution is 2.38. The van der Waals surface area contributed by atoms with Crippen LogP contribution in [-0.2, 0) is 9.84 Å². The van der Waals surface area contributed by atoms with Gasteiger partial charge in [-0.2, -0.15) is 5.26 Å². The topological polar surface area (TPSA) is 103 Å². The highest BCUT2D eigenvalue weighted by atomic mass is 32.2. The Balaban J connectivity index is 1.37. The SMILES string of the molecule is CN(c1ncnc2[nH]ccc12)[C@H]1C[C@@H](CS(=O)(=O)C2CCC(C#N)C2)C1. The molecule has 2 aromatic rings. The summed E-state index contributed by atoms with van der Waals surface area (Å²) >= 11 is 0. The lowest BCUT2D eigenvalue weighted by Crippen LogP contribution is -2.46. The second-order valence-corrected chi connectivity index (χ2v) is 9.96. The molecule has 8 heteroatoms. The Morgan fingerprint density at radius 1 is 1.31 bits per heavy atom. The number of fused-ring (bicyclic) bond motifs is 1. The molecule has 138 valence electrons. The molecule has 2 aliphatic rings. The van der Waals surface area contributed by atoms with Gasteiger partial charge in [-0.3, -0.25) is 0 Å². The van der Waals surface area contributed by atoms with Gasteiger partial charge < -0.3 is 9.88 Å². The fraction of sp³-hybridized carbons (Fsp3) is 0.611. The molecular weight excluding hydrogens is 350 g/mol. The Labute approximate surface area is 153 Å². The molecular formula is C18H23N5O2S. The van der Waals surface area contributed by atoms with Gasteiger partial charge in [0.25, 0.3) is 0 Å². The minimum Gasteiger partial charge on any atom is -0.356 e. The van der Waals surface area contributed by atoms with Crippen molar-refractivity contribution in [1.29, 1.82) is 5.26 Å². The van der Waals surface area contributed by atoms with Crippen molar-refractivity contribution in [2.75, 3.05) is 17.7 Å². The third kappa shape index (κ3) is 3.05. The van der Waals surface area contributed by atoms with E-state index < -0.39 is 9.84 Å². The first-order valence-electron chi connectivity index (χ1n) is 9.10. The zero-order valence-corrected chi connectivity index (χ0v) is 15.6. The Morgan fingerprint density at radius 3 is 2.85 bits per heavy atom. The van der Waals surface area contributed by atoms with Crippen molar-refractivity contribution in [3.63, 3.8) is 0 Å². The molecule has 2 saturated carbocycles. The van der Waals surface area contributed by atoms with E-state index >= 15 is 0 Å². The van der Waals surface area contributed by atoms with Crippen molar-refractivity contribution in [3.8, 4) is 6.07 Å². The van der Waals surface area contributed by atoms with Crippen molar-refractivity contribution < 1.29 is 8.42 Å². The predicted molar refractivity (Wildman–Crippen MR) is 99.3 cm³/mol. The van der Waals surface area contributed by atoms with Crippen LogP contribution in [0.1, 0.15) is 32.1 Å². The fourth-order valence-electron chi connectivity index (χ4n) is 4.31. The van der Waals surface area contributed by atoms with Crippen molar-refractivity contribution >= 4 is 26.7 Å². The molecule has 2 atom stereocenters. The summed E-state index contributed by atoms with van der Waals surface area (Å²) in [5.74, 6) is 1.26. The highest BCUT2D eigenvalue weighted by Gasteiger charge is 2.40. The van der Waals surface area contributed by atoms with Crippen LogP contribution < -0.4 is 4.90 Å². The lowest BCUT2D eigenvalue weighted by atomic mass is 9.81. The number of nitrogens with zero attached hydrogens (tertiary/aromatic N) is 4. The first-order chi connectivity index (χ1) is 12.5. The van der Waals surface area contributed by atoms with E-state index in [1.807, 2.05) is 19.3 Å². The van der Waals surface area contributed by atoms with E-state index in [1.54, 1.807) is 6.33 Å². The number of hydrogen-bond acceptors (Lipinski definition) is 6. The van der Waals surface area contributed by atoms with E-state index in [2.05, 4.69) is 25.9 Å². The number of aromatic amines is 1. The summed E-state index contributed by atoms with van der Waals surface area (Å²) in [7, 11) is -1.09. The third-order valence-corrected chi connectivity index (χ3v) is 8.35. The summed E-state index contributed by atoms with van der Waals surface area (Å²) in [5.41, 5.74) is 0.814. The van der Waals surface area contributed by atoms with E-state index in [-0.39, 0.29) is 22.8 Å². The van der Waals surface area contributed by atoms with Crippen molar-refractivity contribution in [3.05, 3.63) is 18.6 Å². The van der Waals surface area contributed by atoms with E-state index in [4.69, 9.17) is 5.26 Å². The zero-order valence-electron chi connectivity index (χ0n) is 14.8. The second kappa shape index (κ2) is 6.54. The molecule has 0 saturated heterocycles. The average Bonchev–Trinajstić information content (AvgIpc) is 3.25. The van der Waals surface area contributed by atoms with Crippen LogP contribution in [0, 0.1) is 23.2 Å². The maximum atomic E-state index is 12.6. The Bertz CT molecular complexity index is 942. The summed E-state index contributed by atoms with van der Waals surface area (Å²) in [6.07, 6.45) is 7.00. The van der Waals surface area contributed by atoms with Crippen molar-refractivity contribution in [2.24, 2.45) is 11.8 Å². The number of anilines is 1. The van der Waals surface area contributed by atoms with Crippen LogP contribution in [0.2, 0.25) is 0 Å². The van der Waals surface area contributed by atoms with Gasteiger partial charge in [0, 0.05) is 25.2 Å². The van der Waals surface area contributed by atoms with E-state index in [0.717, 1.165) is 36.1 Å². The van der Waals surface area contributed by atoms with Gasteiger partial charge in [0.05, 0.1) is 22.5 Å².